The van der Waals surface area contributed by atoms with Gasteiger partial charge in [0.05, 0.1) is 5.52 Å². The average Bonchev–Trinajstić information content (AvgIpc) is 2.52. The molecule has 0 bridgehead atoms. The Balaban J connectivity index is 2.58. The number of pyridine rings is 1. The van der Waals surface area contributed by atoms with Gasteiger partial charge < -0.3 is 5.32 Å². The molecule has 3 nitrogen and oxygen atoms in total. The summed E-state index contributed by atoms with van der Waals surface area (Å²) in [5, 5.41) is 2.74. The van der Waals surface area contributed by atoms with Crippen molar-refractivity contribution >= 4 is 17.3 Å². The van der Waals surface area contributed by atoms with Crippen LogP contribution in [0.4, 0.5) is 13.2 Å². The van der Waals surface area contributed by atoms with Crippen LogP contribution < -0.4 is 5.32 Å². The number of fused-ring (bicyclic) bond motifs is 1. The van der Waals surface area contributed by atoms with Crippen molar-refractivity contribution in [1.82, 2.24) is 10.3 Å². The summed E-state index contributed by atoms with van der Waals surface area (Å²) < 4.78 is 41.5. The van der Waals surface area contributed by atoms with E-state index in [2.05, 4.69) is 10.3 Å². The maximum absolute atomic E-state index is 13.8. The number of halogens is 3. The number of nitrogens with zero attached hydrogens (tertiary/aromatic N) is 1. The molecule has 2 rings (SSSR count). The highest BCUT2D eigenvalue weighted by molar-refractivity contribution is 5.82. The minimum absolute atomic E-state index is 0.142. The maximum atomic E-state index is 13.8. The standard InChI is InChI=1S/C17H19F3N2O/c1-3-12(2)16(22-11-23,17(18,19)20)10-13-8-9-21-15-7-5-4-6-14(13)15/h4-9,11-12H,3,10H2,1-2H3,(H,22,23). The lowest BCUT2D eigenvalue weighted by molar-refractivity contribution is -0.210. The van der Waals surface area contributed by atoms with E-state index in [1.165, 1.54) is 13.1 Å². The van der Waals surface area contributed by atoms with Gasteiger partial charge in [-0.2, -0.15) is 13.2 Å². The number of amides is 1. The first kappa shape index (κ1) is 17.2. The molecule has 0 aliphatic carbocycles. The fraction of sp³-hybridized carbons (Fsp3) is 0.412. The fourth-order valence-electron chi connectivity index (χ4n) is 2.89. The zero-order chi connectivity index (χ0) is 17.1. The molecule has 0 saturated carbocycles. The first-order chi connectivity index (χ1) is 10.9. The third kappa shape index (κ3) is 3.16. The van der Waals surface area contributed by atoms with Gasteiger partial charge >= 0.3 is 6.18 Å². The van der Waals surface area contributed by atoms with Crippen molar-refractivity contribution in [3.05, 3.63) is 42.1 Å². The van der Waals surface area contributed by atoms with Crippen molar-refractivity contribution in [3.63, 3.8) is 0 Å². The van der Waals surface area contributed by atoms with Gasteiger partial charge in [0.15, 0.2) is 0 Å². The zero-order valence-corrected chi connectivity index (χ0v) is 13.0. The van der Waals surface area contributed by atoms with Crippen LogP contribution in [0, 0.1) is 5.92 Å². The quantitative estimate of drug-likeness (QED) is 0.820. The molecule has 1 N–H and O–H groups in total. The number of hydrogen-bond acceptors (Lipinski definition) is 2. The zero-order valence-electron chi connectivity index (χ0n) is 13.0. The number of aromatic nitrogens is 1. The molecule has 0 radical (unpaired) electrons. The summed E-state index contributed by atoms with van der Waals surface area (Å²) in [5.74, 6) is -0.764. The Morgan fingerprint density at radius 2 is 1.96 bits per heavy atom. The Morgan fingerprint density at radius 1 is 1.26 bits per heavy atom. The van der Waals surface area contributed by atoms with Crippen LogP contribution in [0.1, 0.15) is 25.8 Å². The van der Waals surface area contributed by atoms with E-state index in [1.807, 2.05) is 0 Å². The lowest BCUT2D eigenvalue weighted by Crippen LogP contribution is -2.62. The number of rotatable bonds is 6. The van der Waals surface area contributed by atoms with Crippen LogP contribution >= 0.6 is 0 Å². The van der Waals surface area contributed by atoms with Gasteiger partial charge in [-0.15, -0.1) is 0 Å². The second kappa shape index (κ2) is 6.56. The molecule has 6 heteroatoms. The molecule has 23 heavy (non-hydrogen) atoms. The van der Waals surface area contributed by atoms with Crippen LogP contribution in [-0.4, -0.2) is 23.1 Å². The second-order valence-electron chi connectivity index (χ2n) is 5.70. The Morgan fingerprint density at radius 3 is 2.57 bits per heavy atom. The molecule has 124 valence electrons. The summed E-state index contributed by atoms with van der Waals surface area (Å²) in [5.41, 5.74) is -1.15. The topological polar surface area (TPSA) is 42.0 Å². The Labute approximate surface area is 132 Å². The van der Waals surface area contributed by atoms with E-state index in [0.29, 0.717) is 22.9 Å². The van der Waals surface area contributed by atoms with Crippen LogP contribution in [0.25, 0.3) is 10.9 Å². The van der Waals surface area contributed by atoms with Gasteiger partial charge in [-0.05, 0) is 23.6 Å². The van der Waals surface area contributed by atoms with Gasteiger partial charge in [-0.25, -0.2) is 0 Å². The van der Waals surface area contributed by atoms with E-state index in [0.717, 1.165) is 0 Å². The SMILES string of the molecule is CCC(C)C(Cc1ccnc2ccccc12)(NC=O)C(F)(F)F. The summed E-state index contributed by atoms with van der Waals surface area (Å²) in [7, 11) is 0. The molecule has 2 aromatic rings. The highest BCUT2D eigenvalue weighted by Crippen LogP contribution is 2.41. The van der Waals surface area contributed by atoms with Crippen molar-refractivity contribution in [2.24, 2.45) is 5.92 Å². The minimum atomic E-state index is -4.56. The highest BCUT2D eigenvalue weighted by Gasteiger charge is 2.57. The molecule has 2 unspecified atom stereocenters. The third-order valence-electron chi connectivity index (χ3n) is 4.48. The molecule has 1 aromatic heterocycles. The van der Waals surface area contributed by atoms with Gasteiger partial charge in [0.25, 0.3) is 0 Å². The number of alkyl halides is 3. The molecule has 2 atom stereocenters. The number of nitrogens with one attached hydrogen (secondary N) is 1. The molecule has 0 aliphatic rings. The van der Waals surface area contributed by atoms with Crippen molar-refractivity contribution in [3.8, 4) is 0 Å². The predicted molar refractivity (Wildman–Crippen MR) is 82.9 cm³/mol. The van der Waals surface area contributed by atoms with E-state index < -0.39 is 17.6 Å². The first-order valence-electron chi connectivity index (χ1n) is 7.46. The van der Waals surface area contributed by atoms with Crippen LogP contribution in [-0.2, 0) is 11.2 Å². The summed E-state index contributed by atoms with van der Waals surface area (Å²) in [4.78, 5) is 15.1. The Kier molecular flexibility index (Phi) is 4.92. The molecule has 0 spiro atoms. The molecule has 1 aromatic carbocycles. The molecular weight excluding hydrogens is 305 g/mol. The summed E-state index contributed by atoms with van der Waals surface area (Å²) in [6, 6.07) is 8.63. The largest absolute Gasteiger partial charge is 0.412 e. The highest BCUT2D eigenvalue weighted by atomic mass is 19.4. The molecule has 0 fully saturated rings. The van der Waals surface area contributed by atoms with E-state index in [-0.39, 0.29) is 12.8 Å². The van der Waals surface area contributed by atoms with Crippen molar-refractivity contribution in [2.45, 2.75) is 38.4 Å². The fourth-order valence-corrected chi connectivity index (χ4v) is 2.89. The number of benzene rings is 1. The van der Waals surface area contributed by atoms with E-state index in [4.69, 9.17) is 0 Å². The predicted octanol–water partition coefficient (Wildman–Crippen LogP) is 3.87. The van der Waals surface area contributed by atoms with Crippen LogP contribution in [0.5, 0.6) is 0 Å². The van der Waals surface area contributed by atoms with Crippen LogP contribution in [0.3, 0.4) is 0 Å². The van der Waals surface area contributed by atoms with Gasteiger partial charge in [0.1, 0.15) is 5.54 Å². The smallest absolute Gasteiger partial charge is 0.344 e. The summed E-state index contributed by atoms with van der Waals surface area (Å²) >= 11 is 0. The number of para-hydroxylation sites is 1. The number of carbonyl (C=O) groups excluding carboxylic acids is 1. The number of hydrogen-bond donors (Lipinski definition) is 1. The van der Waals surface area contributed by atoms with Gasteiger partial charge in [0.2, 0.25) is 6.41 Å². The Hall–Kier alpha value is -2.11. The first-order valence-corrected chi connectivity index (χ1v) is 7.46. The van der Waals surface area contributed by atoms with Crippen LogP contribution in [0.15, 0.2) is 36.5 Å². The van der Waals surface area contributed by atoms with E-state index in [1.54, 1.807) is 37.3 Å². The molecule has 0 aliphatic heterocycles. The van der Waals surface area contributed by atoms with Crippen LogP contribution in [0.2, 0.25) is 0 Å². The normalized spacial score (nSPS) is 15.9. The van der Waals surface area contributed by atoms with Crippen molar-refractivity contribution in [1.29, 1.82) is 0 Å². The monoisotopic (exact) mass is 324 g/mol. The van der Waals surface area contributed by atoms with E-state index in [9.17, 15) is 18.0 Å². The summed E-state index contributed by atoms with van der Waals surface area (Å²) in [6.45, 7) is 3.19. The van der Waals surface area contributed by atoms with Gasteiger partial charge in [0, 0.05) is 18.0 Å². The van der Waals surface area contributed by atoms with Crippen molar-refractivity contribution < 1.29 is 18.0 Å². The third-order valence-corrected chi connectivity index (χ3v) is 4.48. The second-order valence-corrected chi connectivity index (χ2v) is 5.70. The maximum Gasteiger partial charge on any atom is 0.412 e. The molecule has 1 heterocycles. The van der Waals surface area contributed by atoms with E-state index >= 15 is 0 Å². The average molecular weight is 324 g/mol. The van der Waals surface area contributed by atoms with Gasteiger partial charge in [-0.1, -0.05) is 38.5 Å². The van der Waals surface area contributed by atoms with Crippen molar-refractivity contribution in [2.75, 3.05) is 0 Å². The molecular formula is C17H19F3N2O. The Bertz CT molecular complexity index is 682. The lowest BCUT2D eigenvalue weighted by Gasteiger charge is -2.40. The van der Waals surface area contributed by atoms with Gasteiger partial charge in [-0.3, -0.25) is 9.78 Å². The lowest BCUT2D eigenvalue weighted by atomic mass is 9.77. The summed E-state index contributed by atoms with van der Waals surface area (Å²) in [6.07, 6.45) is -2.95. The molecule has 0 saturated heterocycles. The molecule has 1 amide bonds. The number of carbonyl (C=O) groups is 1. The minimum Gasteiger partial charge on any atom is -0.344 e.